The molecule has 22 heteroatoms. The molecule has 0 spiro atoms. The molecule has 188 valence electrons. The summed E-state index contributed by atoms with van der Waals surface area (Å²) in [5.41, 5.74) is -17.9. The van der Waals surface area contributed by atoms with Gasteiger partial charge in [0.15, 0.2) is 5.79 Å². The van der Waals surface area contributed by atoms with Gasteiger partial charge in [0.1, 0.15) is 6.10 Å². The number of rotatable bonds is 5. The summed E-state index contributed by atoms with van der Waals surface area (Å²) in [6, 6.07) is 0. The zero-order valence-electron chi connectivity index (χ0n) is 14.7. The molecule has 0 aromatic rings. The van der Waals surface area contributed by atoms with Gasteiger partial charge in [-0.3, -0.25) is 4.18 Å². The van der Waals surface area contributed by atoms with Crippen LogP contribution in [0.25, 0.3) is 0 Å². The fourth-order valence-electron chi connectivity index (χ4n) is 1.27. The lowest BCUT2D eigenvalue weighted by Crippen LogP contribution is -2.34. The highest BCUT2D eigenvalue weighted by molar-refractivity contribution is 8.00. The van der Waals surface area contributed by atoms with Gasteiger partial charge >= 0.3 is 46.9 Å². The normalized spacial score (nSPS) is 20.8. The van der Waals surface area contributed by atoms with Crippen LogP contribution in [0.3, 0.4) is 0 Å². The van der Waals surface area contributed by atoms with Crippen molar-refractivity contribution in [1.29, 1.82) is 0 Å². The molecule has 0 aromatic carbocycles. The highest BCUT2D eigenvalue weighted by Gasteiger charge is 2.57. The van der Waals surface area contributed by atoms with Crippen LogP contribution >= 0.6 is 0 Å². The Balaban J connectivity index is 0.000000582. The largest absolute Gasteiger partial charge is 0.524 e. The molecule has 0 aromatic heterocycles. The average Bonchev–Trinajstić information content (AvgIpc) is 2.80. The van der Waals surface area contributed by atoms with E-state index in [1.807, 2.05) is 3.63 Å². The Hall–Kier alpha value is -0.940. The Labute approximate surface area is 168 Å². The van der Waals surface area contributed by atoms with Gasteiger partial charge in [-0.2, -0.15) is 64.8 Å². The van der Waals surface area contributed by atoms with Crippen molar-refractivity contribution in [2.45, 2.75) is 42.3 Å². The second-order valence-electron chi connectivity index (χ2n) is 5.50. The molecule has 0 bridgehead atoms. The highest BCUT2D eigenvalue weighted by Crippen LogP contribution is 2.32. The maximum atomic E-state index is 11.9. The Morgan fingerprint density at radius 2 is 1.13 bits per heavy atom. The third-order valence-electron chi connectivity index (χ3n) is 2.51. The molecule has 10 nitrogen and oxygen atoms in total. The van der Waals surface area contributed by atoms with Crippen molar-refractivity contribution in [3.63, 3.8) is 0 Å². The van der Waals surface area contributed by atoms with E-state index in [1.54, 1.807) is 13.8 Å². The third-order valence-corrected chi connectivity index (χ3v) is 6.09. The summed E-state index contributed by atoms with van der Waals surface area (Å²) in [7, 11) is -19.3. The summed E-state index contributed by atoms with van der Waals surface area (Å²) < 4.78 is 181. The Morgan fingerprint density at radius 1 is 0.774 bits per heavy atom. The van der Waals surface area contributed by atoms with E-state index >= 15 is 0 Å². The Morgan fingerprint density at radius 3 is 1.39 bits per heavy atom. The van der Waals surface area contributed by atoms with Crippen molar-refractivity contribution < 1.29 is 82.1 Å². The maximum Gasteiger partial charge on any atom is 0.524 e. The van der Waals surface area contributed by atoms with E-state index in [1.165, 1.54) is 0 Å². The van der Waals surface area contributed by atoms with Crippen molar-refractivity contribution in [2.24, 2.45) is 0 Å². The number of alkyl halides is 9. The van der Waals surface area contributed by atoms with Crippen LogP contribution in [0.1, 0.15) is 13.8 Å². The SMILES string of the molecule is CC1(C)OCC(COS(=O)(=O)C(F)(F)F)O1.O=S(=O)(OS(=O)(=O)C(F)(F)F)C(F)(F)F. The van der Waals surface area contributed by atoms with Crippen molar-refractivity contribution in [3.05, 3.63) is 0 Å². The molecular weight excluding hydrogens is 535 g/mol. The fraction of sp³-hybridized carbons (Fsp3) is 1.00. The third kappa shape index (κ3) is 8.84. The lowest BCUT2D eigenvalue weighted by molar-refractivity contribution is -0.142. The quantitative estimate of drug-likeness (QED) is 0.284. The predicted octanol–water partition coefficient (Wildman–Crippen LogP) is 1.71. The van der Waals surface area contributed by atoms with Crippen LogP contribution in [0.15, 0.2) is 0 Å². The van der Waals surface area contributed by atoms with Crippen molar-refractivity contribution in [3.8, 4) is 0 Å². The molecule has 0 aliphatic carbocycles. The molecule has 1 aliphatic heterocycles. The van der Waals surface area contributed by atoms with Gasteiger partial charge in [-0.05, 0) is 13.8 Å². The molecular formula is C9H11F9O10S3. The van der Waals surface area contributed by atoms with Gasteiger partial charge in [0.05, 0.1) is 13.2 Å². The van der Waals surface area contributed by atoms with Gasteiger partial charge in [0.25, 0.3) is 0 Å². The molecule has 0 N–H and O–H groups in total. The van der Waals surface area contributed by atoms with E-state index in [9.17, 15) is 64.8 Å². The molecule has 1 unspecified atom stereocenters. The molecule has 31 heavy (non-hydrogen) atoms. The summed E-state index contributed by atoms with van der Waals surface area (Å²) >= 11 is 0. The molecule has 1 heterocycles. The molecule has 1 fully saturated rings. The number of hydrogen-bond acceptors (Lipinski definition) is 10. The Kier molecular flexibility index (Phi) is 8.85. The van der Waals surface area contributed by atoms with E-state index in [-0.39, 0.29) is 6.61 Å². The predicted molar refractivity (Wildman–Crippen MR) is 76.9 cm³/mol. The smallest absolute Gasteiger partial charge is 0.348 e. The van der Waals surface area contributed by atoms with Crippen LogP contribution in [-0.2, 0) is 47.6 Å². The fourth-order valence-corrected chi connectivity index (χ4v) is 3.30. The van der Waals surface area contributed by atoms with Gasteiger partial charge in [-0.15, -0.1) is 3.63 Å². The molecule has 0 saturated carbocycles. The monoisotopic (exact) mass is 546 g/mol. The van der Waals surface area contributed by atoms with E-state index < -0.39 is 65.4 Å². The summed E-state index contributed by atoms with van der Waals surface area (Å²) in [6.07, 6.45) is -0.827. The summed E-state index contributed by atoms with van der Waals surface area (Å²) in [6.45, 7) is 2.39. The first kappa shape index (κ1) is 30.1. The van der Waals surface area contributed by atoms with Crippen molar-refractivity contribution >= 4 is 30.4 Å². The minimum absolute atomic E-state index is 0.0135. The minimum atomic E-state index is -6.85. The van der Waals surface area contributed by atoms with Crippen LogP contribution in [-0.4, -0.2) is 66.9 Å². The van der Waals surface area contributed by atoms with Crippen LogP contribution in [0.5, 0.6) is 0 Å². The zero-order valence-corrected chi connectivity index (χ0v) is 17.1. The molecule has 1 aliphatic rings. The minimum Gasteiger partial charge on any atom is -0.348 e. The standard InChI is InChI=1S/C7H11F3O5S.C2F6O5S2/c1-6(2)13-3-5(15-6)4-14-16(11,12)7(8,9)10;3-1(4,5)14(9,10)13-15(11,12)2(6,7)8/h5H,3-4H2,1-2H3;. The van der Waals surface area contributed by atoms with Crippen LogP contribution in [0, 0.1) is 0 Å². The van der Waals surface area contributed by atoms with Gasteiger partial charge in [0.2, 0.25) is 0 Å². The van der Waals surface area contributed by atoms with E-state index in [2.05, 4.69) is 4.18 Å². The van der Waals surface area contributed by atoms with Gasteiger partial charge in [-0.1, -0.05) is 0 Å². The van der Waals surface area contributed by atoms with E-state index in [0.717, 1.165) is 0 Å². The van der Waals surface area contributed by atoms with Gasteiger partial charge < -0.3 is 9.47 Å². The van der Waals surface area contributed by atoms with Gasteiger partial charge in [0, 0.05) is 0 Å². The summed E-state index contributed by atoms with van der Waals surface area (Å²) in [4.78, 5) is 0. The number of halogens is 9. The lowest BCUT2D eigenvalue weighted by Gasteiger charge is -2.17. The van der Waals surface area contributed by atoms with Crippen molar-refractivity contribution in [1.82, 2.24) is 0 Å². The molecule has 1 rings (SSSR count). The Bertz CT molecular complexity index is 887. The first-order valence-corrected chi connectivity index (χ1v) is 11.1. The van der Waals surface area contributed by atoms with Crippen LogP contribution in [0.2, 0.25) is 0 Å². The van der Waals surface area contributed by atoms with Crippen LogP contribution in [0.4, 0.5) is 39.5 Å². The first-order valence-electron chi connectivity index (χ1n) is 6.85. The number of hydrogen-bond donors (Lipinski definition) is 0. The molecule has 0 radical (unpaired) electrons. The molecule has 1 atom stereocenters. The number of ether oxygens (including phenoxy) is 2. The molecule has 1 saturated heterocycles. The lowest BCUT2D eigenvalue weighted by atomic mass is 10.4. The summed E-state index contributed by atoms with van der Waals surface area (Å²) in [5.74, 6) is -0.935. The summed E-state index contributed by atoms with van der Waals surface area (Å²) in [5, 5.41) is 0. The second kappa shape index (κ2) is 9.13. The second-order valence-corrected chi connectivity index (χ2v) is 10.4. The average molecular weight is 546 g/mol. The topological polar surface area (TPSA) is 139 Å². The molecule has 0 amide bonds. The maximum absolute atomic E-state index is 11.9. The van der Waals surface area contributed by atoms with Crippen LogP contribution < -0.4 is 0 Å². The zero-order chi connectivity index (χ0) is 25.3. The van der Waals surface area contributed by atoms with E-state index in [0.29, 0.717) is 0 Å². The van der Waals surface area contributed by atoms with Gasteiger partial charge in [-0.25, -0.2) is 0 Å². The highest BCUT2D eigenvalue weighted by atomic mass is 32.3. The van der Waals surface area contributed by atoms with E-state index in [4.69, 9.17) is 9.47 Å². The first-order chi connectivity index (χ1) is 13.2. The van der Waals surface area contributed by atoms with Crippen molar-refractivity contribution in [2.75, 3.05) is 13.2 Å².